The van der Waals surface area contributed by atoms with Crippen molar-refractivity contribution in [2.45, 2.75) is 11.6 Å². The first-order chi connectivity index (χ1) is 11.9. The lowest BCUT2D eigenvalue weighted by Crippen LogP contribution is -2.45. The second kappa shape index (κ2) is 5.05. The number of amidine groups is 1. The molecule has 3 heterocycles. The van der Waals surface area contributed by atoms with Crippen molar-refractivity contribution in [1.82, 2.24) is 10.3 Å². The molecule has 0 aliphatic carbocycles. The summed E-state index contributed by atoms with van der Waals surface area (Å²) in [5.74, 6) is 0.0430. The number of nitrogens with one attached hydrogen (secondary N) is 1. The van der Waals surface area contributed by atoms with Crippen molar-refractivity contribution in [3.63, 3.8) is 0 Å². The molecule has 0 saturated heterocycles. The van der Waals surface area contributed by atoms with Gasteiger partial charge in [-0.1, -0.05) is 18.2 Å². The number of benzene rings is 1. The van der Waals surface area contributed by atoms with Crippen LogP contribution in [0.4, 0.5) is 13.2 Å². The van der Waals surface area contributed by atoms with Gasteiger partial charge in [0, 0.05) is 18.2 Å². The molecule has 25 heavy (non-hydrogen) atoms. The highest BCUT2D eigenvalue weighted by molar-refractivity contribution is 6.13. The predicted molar refractivity (Wildman–Crippen MR) is 82.6 cm³/mol. The van der Waals surface area contributed by atoms with E-state index in [4.69, 9.17) is 4.74 Å². The van der Waals surface area contributed by atoms with Gasteiger partial charge in [-0.3, -0.25) is 4.79 Å². The maximum atomic E-state index is 13.2. The molecule has 1 atom stereocenters. The van der Waals surface area contributed by atoms with Crippen molar-refractivity contribution in [2.24, 2.45) is 4.99 Å². The van der Waals surface area contributed by atoms with Crippen LogP contribution in [0.5, 0.6) is 5.75 Å². The number of para-hydroxylation sites is 1. The zero-order chi connectivity index (χ0) is 17.8. The van der Waals surface area contributed by atoms with Gasteiger partial charge in [-0.05, 0) is 18.2 Å². The summed E-state index contributed by atoms with van der Waals surface area (Å²) in [4.78, 5) is 20.7. The van der Waals surface area contributed by atoms with Crippen LogP contribution >= 0.6 is 0 Å². The summed E-state index contributed by atoms with van der Waals surface area (Å²) in [6, 6.07) is 8.93. The zero-order valence-corrected chi connectivity index (χ0v) is 13.0. The number of fused-ring (bicyclic) bond motifs is 4. The Balaban J connectivity index is 2.04. The van der Waals surface area contributed by atoms with Crippen LogP contribution in [0.15, 0.2) is 41.4 Å². The Morgan fingerprint density at radius 3 is 2.68 bits per heavy atom. The summed E-state index contributed by atoms with van der Waals surface area (Å²) in [7, 11) is 1.55. The fraction of sp³-hybridized carbons (Fsp3) is 0.235. The Bertz CT molecular complexity index is 924. The highest BCUT2D eigenvalue weighted by Crippen LogP contribution is 2.47. The van der Waals surface area contributed by atoms with E-state index in [0.29, 0.717) is 16.9 Å². The van der Waals surface area contributed by atoms with E-state index in [1.807, 2.05) is 0 Å². The summed E-state index contributed by atoms with van der Waals surface area (Å²) in [5, 5.41) is 2.75. The van der Waals surface area contributed by atoms with Crippen molar-refractivity contribution < 1.29 is 22.7 Å². The first-order valence-corrected chi connectivity index (χ1v) is 7.50. The number of nitrogens with zero attached hydrogens (tertiary/aromatic N) is 2. The second-order valence-corrected chi connectivity index (χ2v) is 5.80. The van der Waals surface area contributed by atoms with E-state index in [1.165, 1.54) is 6.07 Å². The lowest BCUT2D eigenvalue weighted by atomic mass is 9.74. The van der Waals surface area contributed by atoms with E-state index in [2.05, 4.69) is 15.3 Å². The maximum Gasteiger partial charge on any atom is 0.433 e. The molecule has 5 nitrogen and oxygen atoms in total. The quantitative estimate of drug-likeness (QED) is 0.794. The second-order valence-electron chi connectivity index (χ2n) is 5.80. The third-order valence-corrected chi connectivity index (χ3v) is 4.45. The van der Waals surface area contributed by atoms with Gasteiger partial charge in [0.1, 0.15) is 23.9 Å². The van der Waals surface area contributed by atoms with Crippen LogP contribution in [0.2, 0.25) is 0 Å². The SMILES string of the molecule is CNC1=NC(=O)[C@@]2(COc3ccccc32)c2nc(C(F)(F)F)ccc21. The Morgan fingerprint density at radius 1 is 1.20 bits per heavy atom. The summed E-state index contributed by atoms with van der Waals surface area (Å²) in [5.41, 5.74) is -1.67. The molecule has 0 bridgehead atoms. The van der Waals surface area contributed by atoms with Crippen molar-refractivity contribution in [1.29, 1.82) is 0 Å². The summed E-state index contributed by atoms with van der Waals surface area (Å²) in [6.45, 7) is -0.132. The standard InChI is InChI=1S/C17H12F3N3O2/c1-21-14-9-6-7-12(17(18,19)20)22-13(9)16(15(24)23-14)8-25-11-5-3-2-4-10(11)16/h2-7H,8H2,1H3,(H,21,23,24)/t16-/m1/s1. The lowest BCUT2D eigenvalue weighted by molar-refractivity contribution is -0.141. The average Bonchev–Trinajstić information content (AvgIpc) is 2.98. The van der Waals surface area contributed by atoms with Crippen molar-refractivity contribution in [3.05, 3.63) is 58.9 Å². The highest BCUT2D eigenvalue weighted by Gasteiger charge is 2.54. The van der Waals surface area contributed by atoms with E-state index < -0.39 is 23.2 Å². The van der Waals surface area contributed by atoms with Gasteiger partial charge in [-0.25, -0.2) is 4.98 Å². The van der Waals surface area contributed by atoms with Gasteiger partial charge in [0.05, 0.1) is 5.69 Å². The monoisotopic (exact) mass is 347 g/mol. The number of pyridine rings is 1. The predicted octanol–water partition coefficient (Wildman–Crippen LogP) is 2.29. The molecule has 8 heteroatoms. The molecule has 128 valence electrons. The number of hydrogen-bond donors (Lipinski definition) is 1. The van der Waals surface area contributed by atoms with E-state index >= 15 is 0 Å². The van der Waals surface area contributed by atoms with Crippen LogP contribution in [-0.2, 0) is 16.4 Å². The Morgan fingerprint density at radius 2 is 1.96 bits per heavy atom. The van der Waals surface area contributed by atoms with Crippen molar-refractivity contribution in [3.8, 4) is 5.75 Å². The van der Waals surface area contributed by atoms with Crippen LogP contribution in [0.1, 0.15) is 22.5 Å². The zero-order valence-electron chi connectivity index (χ0n) is 13.0. The number of carbonyl (C=O) groups excluding carboxylic acids is 1. The number of alkyl halides is 3. The molecular weight excluding hydrogens is 335 g/mol. The van der Waals surface area contributed by atoms with E-state index in [9.17, 15) is 18.0 Å². The smallest absolute Gasteiger partial charge is 0.433 e. The average molecular weight is 347 g/mol. The molecular formula is C17H12F3N3O2. The molecule has 1 aromatic carbocycles. The molecule has 2 aromatic rings. The molecule has 0 unspecified atom stereocenters. The fourth-order valence-electron chi connectivity index (χ4n) is 3.26. The lowest BCUT2D eigenvalue weighted by Gasteiger charge is -2.30. The van der Waals surface area contributed by atoms with Crippen LogP contribution in [-0.4, -0.2) is 30.4 Å². The molecule has 2 aliphatic rings. The minimum absolute atomic E-state index is 0.0108. The van der Waals surface area contributed by atoms with E-state index in [1.54, 1.807) is 31.3 Å². The van der Waals surface area contributed by atoms with Gasteiger partial charge in [-0.2, -0.15) is 18.2 Å². The maximum absolute atomic E-state index is 13.2. The fourth-order valence-corrected chi connectivity index (χ4v) is 3.26. The van der Waals surface area contributed by atoms with Gasteiger partial charge in [0.25, 0.3) is 5.91 Å². The third kappa shape index (κ3) is 2.06. The highest BCUT2D eigenvalue weighted by atomic mass is 19.4. The number of rotatable bonds is 0. The molecule has 2 aliphatic heterocycles. The number of halogens is 3. The molecule has 4 rings (SSSR count). The van der Waals surface area contributed by atoms with Crippen LogP contribution in [0, 0.1) is 0 Å². The number of hydrogen-bond acceptors (Lipinski definition) is 4. The van der Waals surface area contributed by atoms with Gasteiger partial charge < -0.3 is 10.1 Å². The largest absolute Gasteiger partial charge is 0.491 e. The molecule has 1 amide bonds. The normalized spacial score (nSPS) is 21.4. The minimum atomic E-state index is -4.62. The van der Waals surface area contributed by atoms with Gasteiger partial charge in [-0.15, -0.1) is 0 Å². The summed E-state index contributed by atoms with van der Waals surface area (Å²) < 4.78 is 45.1. The van der Waals surface area contributed by atoms with Crippen LogP contribution < -0.4 is 10.1 Å². The van der Waals surface area contributed by atoms with E-state index in [-0.39, 0.29) is 18.1 Å². The van der Waals surface area contributed by atoms with Crippen molar-refractivity contribution >= 4 is 11.7 Å². The topological polar surface area (TPSA) is 63.6 Å². The van der Waals surface area contributed by atoms with E-state index in [0.717, 1.165) is 6.07 Å². The number of ether oxygens (including phenoxy) is 1. The molecule has 0 saturated carbocycles. The Labute approximate surface area is 140 Å². The number of carbonyl (C=O) groups is 1. The number of aromatic nitrogens is 1. The first kappa shape index (κ1) is 15.6. The van der Waals surface area contributed by atoms with Crippen LogP contribution in [0.25, 0.3) is 0 Å². The molecule has 0 fully saturated rings. The van der Waals surface area contributed by atoms with Gasteiger partial charge in [0.15, 0.2) is 5.41 Å². The Hall–Kier alpha value is -2.90. The minimum Gasteiger partial charge on any atom is -0.491 e. The molecule has 1 aromatic heterocycles. The third-order valence-electron chi connectivity index (χ3n) is 4.45. The Kier molecular flexibility index (Phi) is 3.15. The van der Waals surface area contributed by atoms with Crippen LogP contribution in [0.3, 0.4) is 0 Å². The molecule has 0 radical (unpaired) electrons. The number of aliphatic imine (C=N–C) groups is 1. The number of amides is 1. The molecule has 1 spiro atoms. The first-order valence-electron chi connectivity index (χ1n) is 7.50. The summed E-state index contributed by atoms with van der Waals surface area (Å²) >= 11 is 0. The van der Waals surface area contributed by atoms with Gasteiger partial charge >= 0.3 is 6.18 Å². The summed E-state index contributed by atoms with van der Waals surface area (Å²) in [6.07, 6.45) is -4.62. The molecule has 1 N–H and O–H groups in total. The van der Waals surface area contributed by atoms with Crippen molar-refractivity contribution in [2.75, 3.05) is 13.7 Å². The van der Waals surface area contributed by atoms with Gasteiger partial charge in [0.2, 0.25) is 0 Å².